The Kier molecular flexibility index (Phi) is 8.69. The Balaban J connectivity index is 1.43. The molecule has 264 valence electrons. The van der Waals surface area contributed by atoms with Crippen LogP contribution in [0.4, 0.5) is 0 Å². The van der Waals surface area contributed by atoms with Gasteiger partial charge in [0.2, 0.25) is 0 Å². The highest BCUT2D eigenvalue weighted by Gasteiger charge is 2.72. The monoisotopic (exact) mass is 652 g/mol. The first-order valence-electron chi connectivity index (χ1n) is 18.6. The molecule has 1 aromatic rings. The molecule has 2 N–H and O–H groups in total. The zero-order valence-electron chi connectivity index (χ0n) is 31.2. The number of hydrogen-bond donors (Lipinski definition) is 2. The Hall–Kier alpha value is -1.77. The van der Waals surface area contributed by atoms with Crippen LogP contribution in [0.2, 0.25) is 0 Å². The molecular weight excluding hydrogens is 588 g/mol. The van der Waals surface area contributed by atoms with Gasteiger partial charge in [-0.1, -0.05) is 74.0 Å². The van der Waals surface area contributed by atoms with Crippen LogP contribution in [0.5, 0.6) is 0 Å². The van der Waals surface area contributed by atoms with Gasteiger partial charge in [-0.2, -0.15) is 5.10 Å². The van der Waals surface area contributed by atoms with Crippen molar-refractivity contribution in [2.75, 3.05) is 26.9 Å². The number of likely N-dealkylation sites (N-methyl/N-ethyl adjacent to an activating group) is 1. The van der Waals surface area contributed by atoms with Crippen molar-refractivity contribution in [2.45, 2.75) is 125 Å². The number of carboxylic acids is 1. The third-order valence-corrected chi connectivity index (χ3v) is 16.3. The van der Waals surface area contributed by atoms with E-state index in [0.29, 0.717) is 49.4 Å². The highest BCUT2D eigenvalue weighted by molar-refractivity contribution is 5.73. The molecule has 0 unspecified atom stereocenters. The SMILES string of the molecule is CN[C@@](C)(CO[C@H]1[C@H](n2cncn2)C[C@@]23COC[C@]1(C)[C@@H]2CC[C@H]1C3=CC[C@@]2(C)[C@H](C(=O)O)[C@@](C)([C@H](C)C(C)C)CC[C@]12C)C(C)C. The third-order valence-electron chi connectivity index (χ3n) is 16.3. The third kappa shape index (κ3) is 4.80. The van der Waals surface area contributed by atoms with Crippen LogP contribution in [0.25, 0.3) is 0 Å². The largest absolute Gasteiger partial charge is 0.481 e. The quantitative estimate of drug-likeness (QED) is 0.268. The Bertz CT molecular complexity index is 1360. The molecule has 1 aliphatic heterocycles. The number of nitrogens with one attached hydrogen (secondary N) is 1. The van der Waals surface area contributed by atoms with Crippen LogP contribution in [0.1, 0.15) is 114 Å². The summed E-state index contributed by atoms with van der Waals surface area (Å²) >= 11 is 0. The van der Waals surface area contributed by atoms with Crippen molar-refractivity contribution in [3.8, 4) is 0 Å². The van der Waals surface area contributed by atoms with E-state index in [4.69, 9.17) is 14.6 Å². The predicted octanol–water partition coefficient (Wildman–Crippen LogP) is 7.43. The summed E-state index contributed by atoms with van der Waals surface area (Å²) in [5.41, 5.74) is 0.387. The first-order chi connectivity index (χ1) is 21.9. The van der Waals surface area contributed by atoms with E-state index in [2.05, 4.69) is 90.3 Å². The standard InChI is InChI=1S/C39H64N4O4/c1-24(2)26(5)34(6)16-17-36(8)27-12-13-30-35(7)19-46-21-39(30,28(27)14-15-37(36,9)31(34)33(44)45)18-29(43-23-41-22-42-43)32(35)47-20-38(10,40-11)25(3)4/h14,22-27,29-32,40H,12-13,15-21H2,1-11H3,(H,44,45)/t26-,27+,29-,30+,31-,32+,34-,35-,36-,37+,38+,39+/m1/s1. The second-order valence-corrected chi connectivity index (χ2v) is 18.5. The van der Waals surface area contributed by atoms with E-state index in [0.717, 1.165) is 38.5 Å². The minimum Gasteiger partial charge on any atom is -0.481 e. The van der Waals surface area contributed by atoms with Gasteiger partial charge in [0.05, 0.1) is 37.9 Å². The topological polar surface area (TPSA) is 98.5 Å². The van der Waals surface area contributed by atoms with E-state index < -0.39 is 5.97 Å². The fraction of sp³-hybridized carbons (Fsp3) is 0.872. The predicted molar refractivity (Wildman–Crippen MR) is 185 cm³/mol. The summed E-state index contributed by atoms with van der Waals surface area (Å²) in [6.07, 6.45) is 11.9. The van der Waals surface area contributed by atoms with Crippen molar-refractivity contribution in [3.05, 3.63) is 24.3 Å². The molecule has 0 spiro atoms. The summed E-state index contributed by atoms with van der Waals surface area (Å²) in [4.78, 5) is 17.8. The maximum Gasteiger partial charge on any atom is 0.307 e. The number of nitrogens with zero attached hydrogens (tertiary/aromatic N) is 3. The van der Waals surface area contributed by atoms with Gasteiger partial charge in [-0.25, -0.2) is 9.67 Å². The fourth-order valence-electron chi connectivity index (χ4n) is 12.3. The summed E-state index contributed by atoms with van der Waals surface area (Å²) in [6.45, 7) is 25.1. The van der Waals surface area contributed by atoms with Gasteiger partial charge in [-0.15, -0.1) is 0 Å². The molecule has 8 nitrogen and oxygen atoms in total. The molecule has 5 aliphatic rings. The molecule has 2 heterocycles. The molecule has 4 aliphatic carbocycles. The van der Waals surface area contributed by atoms with Gasteiger partial charge in [-0.3, -0.25) is 4.79 Å². The molecule has 3 saturated carbocycles. The molecule has 0 radical (unpaired) electrons. The van der Waals surface area contributed by atoms with Crippen LogP contribution < -0.4 is 5.32 Å². The number of hydrogen-bond acceptors (Lipinski definition) is 6. The first-order valence-corrected chi connectivity index (χ1v) is 18.6. The van der Waals surface area contributed by atoms with Crippen LogP contribution in [-0.4, -0.2) is 64.4 Å². The molecule has 2 bridgehead atoms. The zero-order valence-corrected chi connectivity index (χ0v) is 31.2. The first kappa shape index (κ1) is 35.1. The average Bonchev–Trinajstić information content (AvgIpc) is 3.55. The van der Waals surface area contributed by atoms with Crippen LogP contribution in [0.3, 0.4) is 0 Å². The second-order valence-electron chi connectivity index (χ2n) is 18.5. The van der Waals surface area contributed by atoms with Crippen molar-refractivity contribution in [2.24, 2.45) is 62.6 Å². The highest BCUT2D eigenvalue weighted by atomic mass is 16.5. The van der Waals surface area contributed by atoms with Gasteiger partial charge < -0.3 is 19.9 Å². The van der Waals surface area contributed by atoms with Crippen molar-refractivity contribution in [3.63, 3.8) is 0 Å². The number of aromatic nitrogens is 3. The molecular formula is C39H64N4O4. The second kappa shape index (κ2) is 11.7. The maximum atomic E-state index is 13.4. The normalized spacial score (nSPS) is 45.0. The summed E-state index contributed by atoms with van der Waals surface area (Å²) in [5, 5.41) is 19.3. The molecule has 1 aromatic heterocycles. The molecule has 47 heavy (non-hydrogen) atoms. The lowest BCUT2D eigenvalue weighted by molar-refractivity contribution is -0.253. The number of carbonyl (C=O) groups is 1. The number of ether oxygens (including phenoxy) is 2. The van der Waals surface area contributed by atoms with Crippen LogP contribution >= 0.6 is 0 Å². The molecule has 0 amide bonds. The van der Waals surface area contributed by atoms with Gasteiger partial charge >= 0.3 is 5.97 Å². The number of rotatable bonds is 9. The minimum atomic E-state index is -0.607. The van der Waals surface area contributed by atoms with Crippen molar-refractivity contribution >= 4 is 5.97 Å². The Morgan fingerprint density at radius 3 is 2.45 bits per heavy atom. The molecule has 8 heteroatoms. The van der Waals surface area contributed by atoms with Crippen LogP contribution in [0.15, 0.2) is 24.3 Å². The summed E-state index contributed by atoms with van der Waals surface area (Å²) in [6, 6.07) is 0.0324. The van der Waals surface area contributed by atoms with E-state index in [1.807, 2.05) is 13.4 Å². The number of aliphatic carboxylic acids is 1. The molecule has 1 saturated heterocycles. The smallest absolute Gasteiger partial charge is 0.307 e. The van der Waals surface area contributed by atoms with Crippen molar-refractivity contribution < 1.29 is 19.4 Å². The molecule has 6 rings (SSSR count). The maximum absolute atomic E-state index is 13.4. The summed E-state index contributed by atoms with van der Waals surface area (Å²) < 4.78 is 15.9. The lowest BCUT2D eigenvalue weighted by Gasteiger charge is -2.71. The summed E-state index contributed by atoms with van der Waals surface area (Å²) in [7, 11) is 2.03. The molecule has 4 fully saturated rings. The van der Waals surface area contributed by atoms with Crippen molar-refractivity contribution in [1.82, 2.24) is 20.1 Å². The zero-order chi connectivity index (χ0) is 34.4. The fourth-order valence-corrected chi connectivity index (χ4v) is 12.3. The van der Waals surface area contributed by atoms with Gasteiger partial charge in [0.1, 0.15) is 12.7 Å². The van der Waals surface area contributed by atoms with E-state index in [1.54, 1.807) is 11.9 Å². The average molecular weight is 653 g/mol. The van der Waals surface area contributed by atoms with E-state index >= 15 is 0 Å². The van der Waals surface area contributed by atoms with Crippen LogP contribution in [0, 0.1) is 62.6 Å². The molecule has 0 aromatic carbocycles. The highest BCUT2D eigenvalue weighted by Crippen LogP contribution is 2.75. The van der Waals surface area contributed by atoms with Gasteiger partial charge in [0.15, 0.2) is 0 Å². The van der Waals surface area contributed by atoms with Gasteiger partial charge in [-0.05, 0) is 98.3 Å². The van der Waals surface area contributed by atoms with E-state index in [-0.39, 0.29) is 50.7 Å². The van der Waals surface area contributed by atoms with Crippen molar-refractivity contribution in [1.29, 1.82) is 0 Å². The van der Waals surface area contributed by atoms with Gasteiger partial charge in [0.25, 0.3) is 0 Å². The van der Waals surface area contributed by atoms with E-state index in [9.17, 15) is 9.90 Å². The lowest BCUT2D eigenvalue weighted by Crippen LogP contribution is -2.69. The van der Waals surface area contributed by atoms with Crippen LogP contribution in [-0.2, 0) is 14.3 Å². The number of fused-ring (bicyclic) bond motifs is 3. The Morgan fingerprint density at radius 2 is 1.85 bits per heavy atom. The van der Waals surface area contributed by atoms with Gasteiger partial charge in [0, 0.05) is 16.4 Å². The van der Waals surface area contributed by atoms with E-state index in [1.165, 1.54) is 0 Å². The minimum absolute atomic E-state index is 0.0324. The number of allylic oxidation sites excluding steroid dienone is 1. The molecule has 12 atom stereocenters. The Labute approximate surface area is 284 Å². The Morgan fingerprint density at radius 1 is 1.13 bits per heavy atom. The lowest BCUT2D eigenvalue weighted by atomic mass is 9.34. The number of carboxylic acid groups (broad SMARTS) is 1. The summed E-state index contributed by atoms with van der Waals surface area (Å²) in [5.74, 6) is 0.945.